The van der Waals surface area contributed by atoms with Crippen LogP contribution in [0.5, 0.6) is 0 Å². The summed E-state index contributed by atoms with van der Waals surface area (Å²) in [6.45, 7) is 3.04. The standard InChI is InChI=1S/C30H25ClN4O/c1-20-26(25-10-4-7-13-29(25)35(20)19-22-8-2-5-11-27(22)31)16-23(17-32)30(36)33-15-14-21-18-34-28-12-6-3-9-24(21)28/h2-13,16,18,34H,14-15,19H2,1H3,(H,33,36)/b23-16-. The number of carbonyl (C=O) groups is 1. The van der Waals surface area contributed by atoms with Crippen molar-refractivity contribution in [1.29, 1.82) is 5.26 Å². The average Bonchev–Trinajstić information content (AvgIpc) is 3.42. The highest BCUT2D eigenvalue weighted by Gasteiger charge is 2.17. The maximum Gasteiger partial charge on any atom is 0.261 e. The fourth-order valence-corrected chi connectivity index (χ4v) is 4.87. The molecular weight excluding hydrogens is 468 g/mol. The highest BCUT2D eigenvalue weighted by molar-refractivity contribution is 6.31. The van der Waals surface area contributed by atoms with E-state index in [0.29, 0.717) is 24.5 Å². The maximum absolute atomic E-state index is 12.9. The predicted molar refractivity (Wildman–Crippen MR) is 146 cm³/mol. The lowest BCUT2D eigenvalue weighted by Crippen LogP contribution is -2.26. The minimum atomic E-state index is -0.375. The molecule has 6 heteroatoms. The van der Waals surface area contributed by atoms with E-state index in [1.165, 1.54) is 0 Å². The highest BCUT2D eigenvalue weighted by atomic mass is 35.5. The molecule has 3 aromatic carbocycles. The molecule has 5 rings (SSSR count). The highest BCUT2D eigenvalue weighted by Crippen LogP contribution is 2.30. The number of hydrogen-bond donors (Lipinski definition) is 2. The third-order valence-electron chi connectivity index (χ3n) is 6.57. The van der Waals surface area contributed by atoms with E-state index in [2.05, 4.69) is 27.0 Å². The van der Waals surface area contributed by atoms with Crippen LogP contribution in [0.3, 0.4) is 0 Å². The van der Waals surface area contributed by atoms with Crippen molar-refractivity contribution in [2.24, 2.45) is 0 Å². The Balaban J connectivity index is 1.40. The van der Waals surface area contributed by atoms with Gasteiger partial charge < -0.3 is 14.9 Å². The lowest BCUT2D eigenvalue weighted by atomic mass is 10.1. The number of para-hydroxylation sites is 2. The summed E-state index contributed by atoms with van der Waals surface area (Å²) in [5, 5.41) is 15.6. The van der Waals surface area contributed by atoms with Gasteiger partial charge in [0, 0.05) is 57.4 Å². The molecule has 0 saturated heterocycles. The molecule has 36 heavy (non-hydrogen) atoms. The first-order chi connectivity index (χ1) is 17.6. The number of nitrogens with zero attached hydrogens (tertiary/aromatic N) is 2. The normalized spacial score (nSPS) is 11.6. The molecule has 0 aliphatic heterocycles. The largest absolute Gasteiger partial charge is 0.361 e. The third kappa shape index (κ3) is 4.51. The zero-order valence-corrected chi connectivity index (χ0v) is 20.6. The molecule has 1 amide bonds. The Morgan fingerprint density at radius 2 is 1.75 bits per heavy atom. The second kappa shape index (κ2) is 10.2. The summed E-state index contributed by atoms with van der Waals surface area (Å²) in [7, 11) is 0. The van der Waals surface area contributed by atoms with Crippen LogP contribution in [0.1, 0.15) is 22.4 Å². The van der Waals surface area contributed by atoms with Crippen molar-refractivity contribution in [3.63, 3.8) is 0 Å². The number of fused-ring (bicyclic) bond motifs is 2. The molecule has 0 aliphatic carbocycles. The number of carbonyl (C=O) groups excluding carboxylic acids is 1. The number of H-pyrrole nitrogens is 1. The molecule has 0 unspecified atom stereocenters. The van der Waals surface area contributed by atoms with Gasteiger partial charge in [-0.05, 0) is 48.7 Å². The molecule has 0 bridgehead atoms. The van der Waals surface area contributed by atoms with Gasteiger partial charge in [-0.1, -0.05) is 66.2 Å². The van der Waals surface area contributed by atoms with E-state index >= 15 is 0 Å². The van der Waals surface area contributed by atoms with Gasteiger partial charge >= 0.3 is 0 Å². The number of benzene rings is 3. The van der Waals surface area contributed by atoms with Crippen LogP contribution < -0.4 is 5.32 Å². The zero-order chi connectivity index (χ0) is 25.1. The predicted octanol–water partition coefficient (Wildman–Crippen LogP) is 6.40. The Bertz CT molecular complexity index is 1650. The number of amides is 1. The van der Waals surface area contributed by atoms with Gasteiger partial charge in [-0.25, -0.2) is 0 Å². The summed E-state index contributed by atoms with van der Waals surface area (Å²) in [5.74, 6) is -0.375. The maximum atomic E-state index is 12.9. The van der Waals surface area contributed by atoms with Gasteiger partial charge in [0.2, 0.25) is 0 Å². The van der Waals surface area contributed by atoms with Gasteiger partial charge in [-0.2, -0.15) is 5.26 Å². The van der Waals surface area contributed by atoms with Crippen molar-refractivity contribution in [3.05, 3.63) is 112 Å². The Labute approximate surface area is 214 Å². The SMILES string of the molecule is Cc1c(/C=C(/C#N)C(=O)NCCc2c[nH]c3ccccc23)c2ccccc2n1Cc1ccccc1Cl. The average molecular weight is 493 g/mol. The fraction of sp³-hybridized carbons (Fsp3) is 0.133. The van der Waals surface area contributed by atoms with E-state index in [1.807, 2.05) is 79.9 Å². The van der Waals surface area contributed by atoms with E-state index in [4.69, 9.17) is 11.6 Å². The molecule has 0 atom stereocenters. The molecule has 2 aromatic heterocycles. The van der Waals surface area contributed by atoms with Crippen molar-refractivity contribution in [1.82, 2.24) is 14.9 Å². The summed E-state index contributed by atoms with van der Waals surface area (Å²) < 4.78 is 2.17. The van der Waals surface area contributed by atoms with Crippen LogP contribution >= 0.6 is 11.6 Å². The summed E-state index contributed by atoms with van der Waals surface area (Å²) in [5.41, 5.74) is 6.15. The lowest BCUT2D eigenvalue weighted by molar-refractivity contribution is -0.117. The zero-order valence-electron chi connectivity index (χ0n) is 19.9. The van der Waals surface area contributed by atoms with E-state index in [1.54, 1.807) is 6.08 Å². The number of aromatic amines is 1. The van der Waals surface area contributed by atoms with Crippen LogP contribution in [-0.4, -0.2) is 22.0 Å². The Morgan fingerprint density at radius 3 is 2.56 bits per heavy atom. The molecule has 5 aromatic rings. The first-order valence-electron chi connectivity index (χ1n) is 11.8. The van der Waals surface area contributed by atoms with Gasteiger partial charge in [-0.3, -0.25) is 4.79 Å². The molecule has 0 fully saturated rings. The summed E-state index contributed by atoms with van der Waals surface area (Å²) in [6, 6.07) is 26.0. The van der Waals surface area contributed by atoms with E-state index in [9.17, 15) is 10.1 Å². The number of aromatic nitrogens is 2. The molecule has 0 aliphatic rings. The molecular formula is C30H25ClN4O. The third-order valence-corrected chi connectivity index (χ3v) is 6.94. The number of nitrogens with one attached hydrogen (secondary N) is 2. The number of hydrogen-bond acceptors (Lipinski definition) is 2. The van der Waals surface area contributed by atoms with Crippen molar-refractivity contribution >= 4 is 45.4 Å². The fourth-order valence-electron chi connectivity index (χ4n) is 4.68. The van der Waals surface area contributed by atoms with Gasteiger partial charge in [0.05, 0.1) is 0 Å². The van der Waals surface area contributed by atoms with Gasteiger partial charge in [0.1, 0.15) is 11.6 Å². The number of rotatable bonds is 7. The minimum Gasteiger partial charge on any atom is -0.361 e. The molecule has 5 nitrogen and oxygen atoms in total. The Kier molecular flexibility index (Phi) is 6.62. The Hall–Kier alpha value is -4.27. The van der Waals surface area contributed by atoms with E-state index in [0.717, 1.165) is 44.2 Å². The minimum absolute atomic E-state index is 0.0812. The van der Waals surface area contributed by atoms with Gasteiger partial charge in [0.25, 0.3) is 5.91 Å². The van der Waals surface area contributed by atoms with Crippen LogP contribution in [0.2, 0.25) is 5.02 Å². The number of halogens is 1. The molecule has 178 valence electrons. The first kappa shape index (κ1) is 23.5. The van der Waals surface area contributed by atoms with E-state index in [-0.39, 0.29) is 11.5 Å². The monoisotopic (exact) mass is 492 g/mol. The summed E-state index contributed by atoms with van der Waals surface area (Å²) >= 11 is 6.43. The van der Waals surface area contributed by atoms with Crippen LogP contribution in [0, 0.1) is 18.3 Å². The van der Waals surface area contributed by atoms with E-state index < -0.39 is 0 Å². The summed E-state index contributed by atoms with van der Waals surface area (Å²) in [4.78, 5) is 16.2. The summed E-state index contributed by atoms with van der Waals surface area (Å²) in [6.07, 6.45) is 4.33. The van der Waals surface area contributed by atoms with Crippen LogP contribution in [0.15, 0.2) is 84.6 Å². The molecule has 2 heterocycles. The topological polar surface area (TPSA) is 73.6 Å². The second-order valence-electron chi connectivity index (χ2n) is 8.73. The van der Waals surface area contributed by atoms with Gasteiger partial charge in [0.15, 0.2) is 0 Å². The smallest absolute Gasteiger partial charge is 0.261 e. The van der Waals surface area contributed by atoms with Crippen LogP contribution in [0.25, 0.3) is 27.9 Å². The number of nitriles is 1. The van der Waals surface area contributed by atoms with Crippen molar-refractivity contribution < 1.29 is 4.79 Å². The molecule has 0 spiro atoms. The quantitative estimate of drug-likeness (QED) is 0.204. The van der Waals surface area contributed by atoms with Crippen molar-refractivity contribution in [3.8, 4) is 6.07 Å². The first-order valence-corrected chi connectivity index (χ1v) is 12.2. The molecule has 0 radical (unpaired) electrons. The second-order valence-corrected chi connectivity index (χ2v) is 9.14. The molecule has 2 N–H and O–H groups in total. The Morgan fingerprint density at radius 1 is 1.03 bits per heavy atom. The van der Waals surface area contributed by atoms with Crippen LogP contribution in [-0.2, 0) is 17.8 Å². The van der Waals surface area contributed by atoms with Crippen LogP contribution in [0.4, 0.5) is 0 Å². The van der Waals surface area contributed by atoms with Crippen molar-refractivity contribution in [2.45, 2.75) is 19.9 Å². The van der Waals surface area contributed by atoms with Crippen molar-refractivity contribution in [2.75, 3.05) is 6.54 Å². The lowest BCUT2D eigenvalue weighted by Gasteiger charge is -2.10. The molecule has 0 saturated carbocycles. The van der Waals surface area contributed by atoms with Gasteiger partial charge in [-0.15, -0.1) is 0 Å².